The van der Waals surface area contributed by atoms with Gasteiger partial charge < -0.3 is 4.74 Å². The van der Waals surface area contributed by atoms with Crippen molar-refractivity contribution in [2.45, 2.75) is 19.4 Å². The molecule has 3 heteroatoms. The number of rotatable bonds is 3. The van der Waals surface area contributed by atoms with Crippen LogP contribution in [-0.4, -0.2) is 11.9 Å². The molecule has 2 nitrogen and oxygen atoms in total. The highest BCUT2D eigenvalue weighted by atomic mass is 127. The zero-order chi connectivity index (χ0) is 12.5. The molecule has 0 aliphatic rings. The average molecular weight is 339 g/mol. The van der Waals surface area contributed by atoms with E-state index in [1.54, 1.807) is 13.8 Å². The number of benzene rings is 2. The van der Waals surface area contributed by atoms with E-state index in [2.05, 4.69) is 34.7 Å². The molecule has 1 radical (unpaired) electrons. The maximum atomic E-state index is 10.8. The van der Waals surface area contributed by atoms with E-state index in [-0.39, 0.29) is 0 Å². The third-order valence-corrected chi connectivity index (χ3v) is 3.01. The molecule has 17 heavy (non-hydrogen) atoms. The molecule has 0 aliphatic heterocycles. The van der Waals surface area contributed by atoms with Crippen molar-refractivity contribution in [3.63, 3.8) is 0 Å². The standard InChI is InChI=1S/C14H12IO2/c1-14(2,9-16)17-13-6-4-10-7-12(15)5-3-11(10)8-13/h3-7,9H,1-2H3. The Kier molecular flexibility index (Phi) is 3.38. The van der Waals surface area contributed by atoms with Crippen LogP contribution in [0.25, 0.3) is 10.8 Å². The molecular weight excluding hydrogens is 327 g/mol. The molecule has 0 aromatic heterocycles. The highest BCUT2D eigenvalue weighted by Crippen LogP contribution is 2.24. The Hall–Kier alpha value is -1.10. The molecule has 2 rings (SSSR count). The Balaban J connectivity index is 2.38. The molecule has 0 saturated carbocycles. The average Bonchev–Trinajstić information content (AvgIpc) is 2.29. The number of hydrogen-bond acceptors (Lipinski definition) is 2. The van der Waals surface area contributed by atoms with Gasteiger partial charge in [0.2, 0.25) is 0 Å². The van der Waals surface area contributed by atoms with Gasteiger partial charge in [-0.25, -0.2) is 0 Å². The van der Waals surface area contributed by atoms with Gasteiger partial charge in [0.25, 0.3) is 0 Å². The lowest BCUT2D eigenvalue weighted by molar-refractivity contribution is -0.119. The summed E-state index contributed by atoms with van der Waals surface area (Å²) in [6.07, 6.45) is 0.791. The topological polar surface area (TPSA) is 26.3 Å². The normalized spacial score (nSPS) is 11.5. The second-order valence-corrected chi connectivity index (χ2v) is 5.62. The summed E-state index contributed by atoms with van der Waals surface area (Å²) >= 11 is 2.27. The maximum absolute atomic E-state index is 10.8. The lowest BCUT2D eigenvalue weighted by Gasteiger charge is -2.19. The molecule has 0 saturated heterocycles. The second kappa shape index (κ2) is 4.64. The van der Waals surface area contributed by atoms with Crippen LogP contribution in [0, 0.1) is 9.64 Å². The SMILES string of the molecule is CC(C)(C=O)Oc1[c]c2ccc(I)cc2cc1. The summed E-state index contributed by atoms with van der Waals surface area (Å²) in [4.78, 5) is 10.8. The van der Waals surface area contributed by atoms with Crippen LogP contribution in [0.4, 0.5) is 0 Å². The van der Waals surface area contributed by atoms with Crippen molar-refractivity contribution in [2.24, 2.45) is 0 Å². The third kappa shape index (κ3) is 2.97. The molecule has 0 amide bonds. The number of ether oxygens (including phenoxy) is 1. The van der Waals surface area contributed by atoms with Crippen LogP contribution < -0.4 is 4.74 Å². The number of aldehydes is 1. The Morgan fingerprint density at radius 3 is 2.76 bits per heavy atom. The van der Waals surface area contributed by atoms with E-state index in [0.717, 1.165) is 17.1 Å². The highest BCUT2D eigenvalue weighted by molar-refractivity contribution is 14.1. The summed E-state index contributed by atoms with van der Waals surface area (Å²) in [5, 5.41) is 2.11. The van der Waals surface area contributed by atoms with E-state index < -0.39 is 5.60 Å². The summed E-state index contributed by atoms with van der Waals surface area (Å²) < 4.78 is 6.75. The monoisotopic (exact) mass is 339 g/mol. The van der Waals surface area contributed by atoms with E-state index in [4.69, 9.17) is 4.74 Å². The van der Waals surface area contributed by atoms with Gasteiger partial charge in [-0.2, -0.15) is 0 Å². The summed E-state index contributed by atoms with van der Waals surface area (Å²) in [6, 6.07) is 13.1. The number of hydrogen-bond donors (Lipinski definition) is 0. The van der Waals surface area contributed by atoms with Gasteiger partial charge in [-0.05, 0) is 65.4 Å². The Labute approximate surface area is 114 Å². The predicted octanol–water partition coefficient (Wildman–Crippen LogP) is 3.60. The molecule has 0 unspecified atom stereocenters. The van der Waals surface area contributed by atoms with Crippen molar-refractivity contribution >= 4 is 39.6 Å². The van der Waals surface area contributed by atoms with E-state index >= 15 is 0 Å². The molecule has 0 fully saturated rings. The molecule has 0 atom stereocenters. The smallest absolute Gasteiger partial charge is 0.162 e. The van der Waals surface area contributed by atoms with Gasteiger partial charge >= 0.3 is 0 Å². The number of halogens is 1. The summed E-state index contributed by atoms with van der Waals surface area (Å²) in [5.74, 6) is 0.593. The van der Waals surface area contributed by atoms with Gasteiger partial charge in [-0.3, -0.25) is 4.79 Å². The third-order valence-electron chi connectivity index (χ3n) is 2.34. The van der Waals surface area contributed by atoms with Gasteiger partial charge in [0, 0.05) is 9.64 Å². The summed E-state index contributed by atoms with van der Waals surface area (Å²) in [6.45, 7) is 3.46. The zero-order valence-electron chi connectivity index (χ0n) is 9.66. The van der Waals surface area contributed by atoms with Crippen LogP contribution in [0.3, 0.4) is 0 Å². The van der Waals surface area contributed by atoms with Crippen molar-refractivity contribution in [3.8, 4) is 5.75 Å². The van der Waals surface area contributed by atoms with Crippen molar-refractivity contribution in [3.05, 3.63) is 40.0 Å². The lowest BCUT2D eigenvalue weighted by Crippen LogP contribution is -2.29. The quantitative estimate of drug-likeness (QED) is 0.631. The Morgan fingerprint density at radius 2 is 2.06 bits per heavy atom. The number of fused-ring (bicyclic) bond motifs is 1. The fourth-order valence-corrected chi connectivity index (χ4v) is 2.01. The van der Waals surface area contributed by atoms with E-state index in [1.807, 2.05) is 24.3 Å². The van der Waals surface area contributed by atoms with Crippen LogP contribution >= 0.6 is 22.6 Å². The number of carbonyl (C=O) groups excluding carboxylic acids is 1. The van der Waals surface area contributed by atoms with Gasteiger partial charge in [-0.1, -0.05) is 12.1 Å². The maximum Gasteiger partial charge on any atom is 0.162 e. The van der Waals surface area contributed by atoms with E-state index in [0.29, 0.717) is 5.75 Å². The highest BCUT2D eigenvalue weighted by Gasteiger charge is 2.18. The second-order valence-electron chi connectivity index (χ2n) is 4.38. The predicted molar refractivity (Wildman–Crippen MR) is 76.3 cm³/mol. The van der Waals surface area contributed by atoms with E-state index in [1.165, 1.54) is 3.57 Å². The fourth-order valence-electron chi connectivity index (χ4n) is 1.49. The van der Waals surface area contributed by atoms with Crippen molar-refractivity contribution in [2.75, 3.05) is 0 Å². The Bertz CT molecular complexity index is 561. The van der Waals surface area contributed by atoms with E-state index in [9.17, 15) is 4.79 Å². The minimum atomic E-state index is -0.812. The number of carbonyl (C=O) groups is 1. The summed E-state index contributed by atoms with van der Waals surface area (Å²) in [7, 11) is 0. The minimum Gasteiger partial charge on any atom is -0.480 e. The molecule has 0 aliphatic carbocycles. The largest absolute Gasteiger partial charge is 0.480 e. The minimum absolute atomic E-state index is 0.593. The van der Waals surface area contributed by atoms with Crippen LogP contribution in [0.2, 0.25) is 0 Å². The molecule has 0 heterocycles. The molecule has 0 N–H and O–H groups in total. The molecular formula is C14H12IO2. The molecule has 2 aromatic carbocycles. The first-order valence-electron chi connectivity index (χ1n) is 5.27. The zero-order valence-corrected chi connectivity index (χ0v) is 11.8. The molecule has 0 spiro atoms. The van der Waals surface area contributed by atoms with Crippen LogP contribution in [0.5, 0.6) is 5.75 Å². The lowest BCUT2D eigenvalue weighted by atomic mass is 10.1. The van der Waals surface area contributed by atoms with Crippen LogP contribution in [-0.2, 0) is 4.79 Å². The van der Waals surface area contributed by atoms with Gasteiger partial charge in [0.15, 0.2) is 11.9 Å². The molecule has 0 bridgehead atoms. The van der Waals surface area contributed by atoms with Gasteiger partial charge in [-0.15, -0.1) is 0 Å². The van der Waals surface area contributed by atoms with Crippen LogP contribution in [0.1, 0.15) is 13.8 Å². The molecule has 2 aromatic rings. The Morgan fingerprint density at radius 1 is 1.29 bits per heavy atom. The van der Waals surface area contributed by atoms with Gasteiger partial charge in [0.05, 0.1) is 0 Å². The first kappa shape index (κ1) is 12.4. The van der Waals surface area contributed by atoms with Crippen molar-refractivity contribution < 1.29 is 9.53 Å². The first-order chi connectivity index (χ1) is 8.00. The summed E-state index contributed by atoms with van der Waals surface area (Å²) in [5.41, 5.74) is -0.812. The fraction of sp³-hybridized carbons (Fsp3) is 0.214. The van der Waals surface area contributed by atoms with Crippen molar-refractivity contribution in [1.29, 1.82) is 0 Å². The van der Waals surface area contributed by atoms with Gasteiger partial charge in [0.1, 0.15) is 5.75 Å². The first-order valence-corrected chi connectivity index (χ1v) is 6.35. The van der Waals surface area contributed by atoms with Crippen molar-refractivity contribution in [1.82, 2.24) is 0 Å². The van der Waals surface area contributed by atoms with Crippen LogP contribution in [0.15, 0.2) is 30.3 Å². The molecule has 87 valence electrons.